The number of phenols is 1. The van der Waals surface area contributed by atoms with E-state index in [2.05, 4.69) is 14.4 Å². The molecule has 0 aliphatic carbocycles. The van der Waals surface area contributed by atoms with E-state index in [0.29, 0.717) is 0 Å². The van der Waals surface area contributed by atoms with Crippen molar-refractivity contribution in [2.75, 3.05) is 13.2 Å². The Balaban J connectivity index is 2.75. The van der Waals surface area contributed by atoms with Crippen molar-refractivity contribution >= 4 is 23.6 Å². The minimum atomic E-state index is -1.28. The summed E-state index contributed by atoms with van der Waals surface area (Å²) in [6.07, 6.45) is -0.169. The number of ketones is 1. The van der Waals surface area contributed by atoms with E-state index in [0.717, 1.165) is 18.3 Å². The Morgan fingerprint density at radius 1 is 1.25 bits per heavy atom. The highest BCUT2D eigenvalue weighted by Gasteiger charge is 2.37. The van der Waals surface area contributed by atoms with Crippen molar-refractivity contribution < 1.29 is 43.1 Å². The average Bonchev–Trinajstić information content (AvgIpc) is 3.17. The van der Waals surface area contributed by atoms with Gasteiger partial charge in [0.15, 0.2) is 5.75 Å². The van der Waals surface area contributed by atoms with Crippen molar-refractivity contribution in [2.45, 2.75) is 13.8 Å². The van der Waals surface area contributed by atoms with Crippen LogP contribution in [0.1, 0.15) is 40.3 Å². The lowest BCUT2D eigenvalue weighted by Gasteiger charge is -2.12. The van der Waals surface area contributed by atoms with Crippen molar-refractivity contribution in [3.63, 3.8) is 0 Å². The molecule has 0 atom stereocenters. The zero-order chi connectivity index (χ0) is 20.8. The lowest BCUT2D eigenvalue weighted by atomic mass is 9.98. The first kappa shape index (κ1) is 20.4. The van der Waals surface area contributed by atoms with Gasteiger partial charge in [-0.2, -0.15) is 0 Å². The third kappa shape index (κ3) is 4.06. The molecule has 1 heterocycles. The maximum absolute atomic E-state index is 12.7. The number of nitro groups is 1. The molecule has 0 aliphatic rings. The first-order valence-electron chi connectivity index (χ1n) is 7.83. The van der Waals surface area contributed by atoms with E-state index in [1.54, 1.807) is 0 Å². The Hall–Kier alpha value is -3.96. The van der Waals surface area contributed by atoms with Crippen LogP contribution in [0.5, 0.6) is 11.5 Å². The summed E-state index contributed by atoms with van der Waals surface area (Å²) in [5.74, 6) is -4.57. The van der Waals surface area contributed by atoms with Crippen LogP contribution in [0.25, 0.3) is 0 Å². The maximum Gasteiger partial charge on any atom is 0.513 e. The van der Waals surface area contributed by atoms with Crippen LogP contribution in [-0.4, -0.2) is 46.3 Å². The number of nitro benzene ring substituents is 1. The van der Waals surface area contributed by atoms with E-state index in [1.807, 2.05) is 0 Å². The number of hydrogen-bond donors (Lipinski definition) is 1. The molecule has 0 unspecified atom stereocenters. The number of aromatic nitrogens is 1. The van der Waals surface area contributed by atoms with Crippen molar-refractivity contribution in [1.82, 2.24) is 5.16 Å². The number of carbonyl (C=O) groups excluding carboxylic acids is 3. The van der Waals surface area contributed by atoms with Crippen LogP contribution in [0.3, 0.4) is 0 Å². The Bertz CT molecular complexity index is 920. The quantitative estimate of drug-likeness (QED) is 0.240. The highest BCUT2D eigenvalue weighted by Crippen LogP contribution is 2.42. The second-order valence-electron chi connectivity index (χ2n) is 4.96. The van der Waals surface area contributed by atoms with E-state index in [4.69, 9.17) is 9.47 Å². The molecule has 0 aliphatic heterocycles. The first-order valence-corrected chi connectivity index (χ1v) is 7.83. The molecular weight excluding hydrogens is 380 g/mol. The van der Waals surface area contributed by atoms with Gasteiger partial charge in [-0.3, -0.25) is 14.9 Å². The van der Waals surface area contributed by atoms with Gasteiger partial charge in [0.1, 0.15) is 5.56 Å². The molecule has 1 aromatic carbocycles. The Morgan fingerprint density at radius 2 is 1.93 bits per heavy atom. The summed E-state index contributed by atoms with van der Waals surface area (Å²) >= 11 is 0. The highest BCUT2D eigenvalue weighted by molar-refractivity contribution is 6.16. The fourth-order valence-corrected chi connectivity index (χ4v) is 2.18. The van der Waals surface area contributed by atoms with Gasteiger partial charge in [-0.05, 0) is 13.8 Å². The molecule has 12 nitrogen and oxygen atoms in total. The summed E-state index contributed by atoms with van der Waals surface area (Å²) in [6.45, 7) is 2.76. The molecule has 0 amide bonds. The largest absolute Gasteiger partial charge is 0.513 e. The summed E-state index contributed by atoms with van der Waals surface area (Å²) in [5, 5.41) is 25.1. The van der Waals surface area contributed by atoms with Crippen molar-refractivity contribution in [3.05, 3.63) is 45.3 Å². The molecule has 1 aromatic heterocycles. The van der Waals surface area contributed by atoms with Crippen molar-refractivity contribution in [3.8, 4) is 11.5 Å². The van der Waals surface area contributed by atoms with Crippen LogP contribution < -0.4 is 4.74 Å². The van der Waals surface area contributed by atoms with Crippen LogP contribution in [-0.2, 0) is 9.47 Å². The van der Waals surface area contributed by atoms with E-state index in [9.17, 15) is 29.6 Å². The minimum absolute atomic E-state index is 0.0749. The van der Waals surface area contributed by atoms with Gasteiger partial charge in [0, 0.05) is 12.1 Å². The summed E-state index contributed by atoms with van der Waals surface area (Å²) in [4.78, 5) is 46.9. The number of hydrogen-bond acceptors (Lipinski definition) is 11. The predicted octanol–water partition coefficient (Wildman–Crippen LogP) is 2.23. The lowest BCUT2D eigenvalue weighted by molar-refractivity contribution is -0.386. The number of rotatable bonds is 7. The minimum Gasteiger partial charge on any atom is -0.499 e. The lowest BCUT2D eigenvalue weighted by Crippen LogP contribution is -2.17. The molecule has 0 radical (unpaired) electrons. The van der Waals surface area contributed by atoms with Gasteiger partial charge >= 0.3 is 17.8 Å². The number of aromatic hydroxyl groups is 1. The Labute approximate surface area is 156 Å². The van der Waals surface area contributed by atoms with Gasteiger partial charge in [0.2, 0.25) is 17.3 Å². The topological polar surface area (TPSA) is 168 Å². The fraction of sp³-hybridized carbons (Fsp3) is 0.250. The Morgan fingerprint density at radius 3 is 2.46 bits per heavy atom. The smallest absolute Gasteiger partial charge is 0.499 e. The van der Waals surface area contributed by atoms with Gasteiger partial charge < -0.3 is 23.8 Å². The van der Waals surface area contributed by atoms with Crippen molar-refractivity contribution in [1.29, 1.82) is 0 Å². The van der Waals surface area contributed by atoms with E-state index in [-0.39, 0.29) is 13.2 Å². The third-order valence-electron chi connectivity index (χ3n) is 3.26. The molecule has 1 N–H and O–H groups in total. The van der Waals surface area contributed by atoms with Crippen LogP contribution in [0.4, 0.5) is 10.5 Å². The fourth-order valence-electron chi connectivity index (χ4n) is 2.18. The van der Waals surface area contributed by atoms with Gasteiger partial charge in [-0.1, -0.05) is 5.16 Å². The molecule has 0 fully saturated rings. The number of benzene rings is 1. The number of ether oxygens (including phenoxy) is 3. The van der Waals surface area contributed by atoms with Crippen molar-refractivity contribution in [2.24, 2.45) is 0 Å². The van der Waals surface area contributed by atoms with Gasteiger partial charge in [-0.25, -0.2) is 9.59 Å². The monoisotopic (exact) mass is 394 g/mol. The molecule has 0 saturated heterocycles. The molecule has 2 rings (SSSR count). The number of phenolic OH excluding ortho intramolecular Hbond substituents is 1. The van der Waals surface area contributed by atoms with E-state index in [1.165, 1.54) is 13.8 Å². The summed E-state index contributed by atoms with van der Waals surface area (Å²) in [6, 6.07) is 1.88. The maximum atomic E-state index is 12.7. The highest BCUT2D eigenvalue weighted by atomic mass is 16.7. The Kier molecular flexibility index (Phi) is 6.26. The molecule has 28 heavy (non-hydrogen) atoms. The van der Waals surface area contributed by atoms with Crippen LogP contribution >= 0.6 is 0 Å². The third-order valence-corrected chi connectivity index (χ3v) is 3.26. The molecular formula is C16H14N2O10. The van der Waals surface area contributed by atoms with Crippen LogP contribution in [0, 0.1) is 10.1 Å². The number of nitrogens with zero attached hydrogens (tertiary/aromatic N) is 2. The van der Waals surface area contributed by atoms with Gasteiger partial charge in [0.25, 0.3) is 0 Å². The zero-order valence-electron chi connectivity index (χ0n) is 14.7. The summed E-state index contributed by atoms with van der Waals surface area (Å²) < 4.78 is 18.7. The molecule has 0 bridgehead atoms. The zero-order valence-corrected chi connectivity index (χ0v) is 14.7. The standard InChI is InChI=1S/C16H14N2O10/c1-3-25-15(21)8-7-10(27-16(22)26-4-2)14(20)12(18(23)24)11(8)13(19)9-5-6-17-28-9/h5-7,20H,3-4H2,1-2H3. The normalized spacial score (nSPS) is 10.2. The second-order valence-corrected chi connectivity index (χ2v) is 4.96. The molecule has 12 heteroatoms. The van der Waals surface area contributed by atoms with Crippen LogP contribution in [0.2, 0.25) is 0 Å². The van der Waals surface area contributed by atoms with E-state index < -0.39 is 56.9 Å². The van der Waals surface area contributed by atoms with E-state index >= 15 is 0 Å². The second kappa shape index (κ2) is 8.62. The van der Waals surface area contributed by atoms with Gasteiger partial charge in [0.05, 0.1) is 29.9 Å². The van der Waals surface area contributed by atoms with Crippen LogP contribution in [0.15, 0.2) is 22.9 Å². The molecule has 148 valence electrons. The predicted molar refractivity (Wildman–Crippen MR) is 88.3 cm³/mol. The first-order chi connectivity index (χ1) is 13.3. The summed E-state index contributed by atoms with van der Waals surface area (Å²) in [7, 11) is 0. The summed E-state index contributed by atoms with van der Waals surface area (Å²) in [5.41, 5.74) is -2.60. The SMILES string of the molecule is CCOC(=O)Oc1cc(C(=O)OCC)c(C(=O)c2ccno2)c([N+](=O)[O-])c1O. The average molecular weight is 394 g/mol. The number of carbonyl (C=O) groups is 3. The van der Waals surface area contributed by atoms with Gasteiger partial charge in [-0.15, -0.1) is 0 Å². The molecule has 0 saturated carbocycles. The molecule has 0 spiro atoms. The number of esters is 1. The molecule has 2 aromatic rings.